The molecule has 3 aromatic carbocycles. The summed E-state index contributed by atoms with van der Waals surface area (Å²) in [6.07, 6.45) is 1.69. The Labute approximate surface area is 252 Å². The third-order valence-electron chi connectivity index (χ3n) is 6.08. The normalized spacial score (nSPS) is 15.0. The average molecular weight is 637 g/mol. The number of benzene rings is 3. The quantitative estimate of drug-likeness (QED) is 0.240. The predicted octanol–water partition coefficient (Wildman–Crippen LogP) is 7.75. The molecule has 212 valence electrons. The van der Waals surface area contributed by atoms with Crippen LogP contribution in [0.4, 0.5) is 0 Å². The van der Waals surface area contributed by atoms with Crippen molar-refractivity contribution < 1.29 is 28.9 Å². The number of aliphatic imine (C=N–C) groups is 1. The van der Waals surface area contributed by atoms with Gasteiger partial charge in [0.2, 0.25) is 0 Å². The van der Waals surface area contributed by atoms with Gasteiger partial charge in [-0.05, 0) is 84.6 Å². The van der Waals surface area contributed by atoms with E-state index in [1.807, 2.05) is 63.2 Å². The molecule has 1 aliphatic rings. The number of amides is 1. The number of hydrogen-bond donors (Lipinski definition) is 1. The topological polar surface area (TPSA) is 94.4 Å². The van der Waals surface area contributed by atoms with E-state index < -0.39 is 11.9 Å². The molecule has 3 aromatic rings. The van der Waals surface area contributed by atoms with Crippen LogP contribution in [-0.2, 0) is 16.1 Å². The third-order valence-corrected chi connectivity index (χ3v) is 7.69. The van der Waals surface area contributed by atoms with Crippen molar-refractivity contribution in [2.75, 3.05) is 13.2 Å². The maximum absolute atomic E-state index is 13.0. The van der Waals surface area contributed by atoms with Gasteiger partial charge in [-0.3, -0.25) is 4.79 Å². The van der Waals surface area contributed by atoms with Crippen molar-refractivity contribution in [1.82, 2.24) is 0 Å². The lowest BCUT2D eigenvalue weighted by Gasteiger charge is -2.15. The fourth-order valence-electron chi connectivity index (χ4n) is 4.02. The van der Waals surface area contributed by atoms with Gasteiger partial charge in [-0.25, -0.2) is 9.79 Å². The second-order valence-electron chi connectivity index (χ2n) is 9.13. The van der Waals surface area contributed by atoms with Gasteiger partial charge in [0.25, 0.3) is 5.91 Å². The van der Waals surface area contributed by atoms with Crippen molar-refractivity contribution in [2.45, 2.75) is 34.3 Å². The van der Waals surface area contributed by atoms with Crippen molar-refractivity contribution in [3.8, 4) is 11.5 Å². The summed E-state index contributed by atoms with van der Waals surface area (Å²) in [6, 6.07) is 18.7. The van der Waals surface area contributed by atoms with E-state index in [-0.39, 0.29) is 23.0 Å². The maximum Gasteiger partial charge on any atom is 0.344 e. The Morgan fingerprint density at radius 2 is 1.73 bits per heavy atom. The zero-order chi connectivity index (χ0) is 29.5. The lowest BCUT2D eigenvalue weighted by molar-refractivity contribution is -0.138. The average Bonchev–Trinajstić information content (AvgIpc) is 3.23. The van der Waals surface area contributed by atoms with Gasteiger partial charge in [-0.15, -0.1) is 0 Å². The Morgan fingerprint density at radius 1 is 1.00 bits per heavy atom. The summed E-state index contributed by atoms with van der Waals surface area (Å²) in [5.74, 6) is -0.516. The SMILES string of the molecule is CCOC(=O)C1=C(O)/C(=C/c2cc(Br)c(OCc3ccc(C)cc3)c(OCC)c2)SC1=NC(=O)c1ccccc1C. The van der Waals surface area contributed by atoms with Crippen molar-refractivity contribution in [3.05, 3.63) is 109 Å². The van der Waals surface area contributed by atoms with Crippen molar-refractivity contribution >= 4 is 50.7 Å². The van der Waals surface area contributed by atoms with Crippen LogP contribution in [0.15, 0.2) is 86.4 Å². The van der Waals surface area contributed by atoms with Gasteiger partial charge < -0.3 is 19.3 Å². The molecule has 41 heavy (non-hydrogen) atoms. The first-order valence-electron chi connectivity index (χ1n) is 13.1. The third kappa shape index (κ3) is 7.28. The molecule has 1 amide bonds. The van der Waals surface area contributed by atoms with Gasteiger partial charge in [-0.1, -0.05) is 59.8 Å². The van der Waals surface area contributed by atoms with Crippen LogP contribution in [0.25, 0.3) is 6.08 Å². The fraction of sp³-hybridized carbons (Fsp3) is 0.219. The minimum atomic E-state index is -0.756. The summed E-state index contributed by atoms with van der Waals surface area (Å²) < 4.78 is 17.8. The number of nitrogens with zero attached hydrogens (tertiary/aromatic N) is 1. The highest BCUT2D eigenvalue weighted by Gasteiger charge is 2.34. The summed E-state index contributed by atoms with van der Waals surface area (Å²) in [7, 11) is 0. The molecule has 0 fully saturated rings. The number of aryl methyl sites for hydroxylation is 2. The van der Waals surface area contributed by atoms with Crippen LogP contribution in [0.5, 0.6) is 11.5 Å². The molecular formula is C32H30BrNO6S. The number of aliphatic hydroxyl groups excluding tert-OH is 1. The molecule has 9 heteroatoms. The van der Waals surface area contributed by atoms with Crippen LogP contribution in [0.3, 0.4) is 0 Å². The van der Waals surface area contributed by atoms with Crippen molar-refractivity contribution in [3.63, 3.8) is 0 Å². The van der Waals surface area contributed by atoms with E-state index in [0.717, 1.165) is 22.9 Å². The molecule has 0 atom stereocenters. The number of carbonyl (C=O) groups is 2. The molecule has 0 aliphatic carbocycles. The number of ether oxygens (including phenoxy) is 3. The summed E-state index contributed by atoms with van der Waals surface area (Å²) >= 11 is 4.61. The Bertz CT molecular complexity index is 1560. The standard InChI is InChI=1S/C32H30BrNO6S/c1-5-38-25-16-22(15-24(33)29(25)40-18-21-13-11-19(3)12-14-21)17-26-28(35)27(32(37)39-6-2)31(41-26)34-30(36)23-10-8-7-9-20(23)4/h7-17,35H,5-6,18H2,1-4H3/b26-17-,34-31?. The lowest BCUT2D eigenvalue weighted by atomic mass is 10.1. The summed E-state index contributed by atoms with van der Waals surface area (Å²) in [4.78, 5) is 30.3. The highest BCUT2D eigenvalue weighted by Crippen LogP contribution is 2.42. The molecule has 0 spiro atoms. The molecule has 7 nitrogen and oxygen atoms in total. The number of aliphatic hydroxyl groups is 1. The van der Waals surface area contributed by atoms with Crippen LogP contribution >= 0.6 is 27.7 Å². The van der Waals surface area contributed by atoms with E-state index in [9.17, 15) is 14.7 Å². The van der Waals surface area contributed by atoms with Crippen molar-refractivity contribution in [1.29, 1.82) is 0 Å². The Morgan fingerprint density at radius 3 is 2.41 bits per heavy atom. The Hall–Kier alpha value is -3.82. The second-order valence-corrected chi connectivity index (χ2v) is 11.0. The van der Waals surface area contributed by atoms with E-state index >= 15 is 0 Å². The summed E-state index contributed by atoms with van der Waals surface area (Å²) in [5.41, 5.74) is 3.88. The second kappa shape index (κ2) is 13.7. The number of carbonyl (C=O) groups excluding carboxylic acids is 2. The van der Waals surface area contributed by atoms with E-state index in [0.29, 0.717) is 45.2 Å². The molecule has 0 unspecified atom stereocenters. The molecule has 1 aliphatic heterocycles. The van der Waals surface area contributed by atoms with E-state index in [4.69, 9.17) is 14.2 Å². The smallest absolute Gasteiger partial charge is 0.344 e. The van der Waals surface area contributed by atoms with E-state index in [2.05, 4.69) is 20.9 Å². The molecule has 0 radical (unpaired) electrons. The monoisotopic (exact) mass is 635 g/mol. The van der Waals surface area contributed by atoms with Gasteiger partial charge in [0.05, 0.1) is 22.6 Å². The molecule has 0 bridgehead atoms. The van der Waals surface area contributed by atoms with Gasteiger partial charge in [-0.2, -0.15) is 0 Å². The minimum absolute atomic E-state index is 0.0719. The first kappa shape index (κ1) is 30.1. The highest BCUT2D eigenvalue weighted by molar-refractivity contribution is 9.10. The number of thioether (sulfide) groups is 1. The molecule has 1 heterocycles. The molecule has 0 saturated heterocycles. The summed E-state index contributed by atoms with van der Waals surface area (Å²) in [6.45, 7) is 8.26. The molecule has 1 N–H and O–H groups in total. The van der Waals surface area contributed by atoms with Crippen molar-refractivity contribution in [2.24, 2.45) is 4.99 Å². The fourth-order valence-corrected chi connectivity index (χ4v) is 5.61. The first-order valence-corrected chi connectivity index (χ1v) is 14.7. The van der Waals surface area contributed by atoms with Crippen LogP contribution in [0, 0.1) is 13.8 Å². The zero-order valence-electron chi connectivity index (χ0n) is 23.2. The first-order chi connectivity index (χ1) is 19.7. The molecule has 0 saturated carbocycles. The molecule has 4 rings (SSSR count). The van der Waals surface area contributed by atoms with Gasteiger partial charge in [0.1, 0.15) is 23.0 Å². The summed E-state index contributed by atoms with van der Waals surface area (Å²) in [5, 5.41) is 11.1. The largest absolute Gasteiger partial charge is 0.506 e. The Kier molecular flexibility index (Phi) is 10.1. The minimum Gasteiger partial charge on any atom is -0.506 e. The van der Waals surface area contributed by atoms with Gasteiger partial charge in [0.15, 0.2) is 11.5 Å². The predicted molar refractivity (Wildman–Crippen MR) is 166 cm³/mol. The van der Waals surface area contributed by atoms with E-state index in [1.54, 1.807) is 31.2 Å². The zero-order valence-corrected chi connectivity index (χ0v) is 25.6. The number of esters is 1. The number of halogens is 1. The Balaban J connectivity index is 1.68. The maximum atomic E-state index is 13.0. The molecule has 0 aromatic heterocycles. The van der Waals surface area contributed by atoms with Crippen LogP contribution in [0.1, 0.15) is 46.5 Å². The van der Waals surface area contributed by atoms with Gasteiger partial charge in [0, 0.05) is 5.56 Å². The van der Waals surface area contributed by atoms with Crippen LogP contribution in [-0.4, -0.2) is 35.2 Å². The van der Waals surface area contributed by atoms with Crippen LogP contribution < -0.4 is 9.47 Å². The van der Waals surface area contributed by atoms with Gasteiger partial charge >= 0.3 is 5.97 Å². The van der Waals surface area contributed by atoms with Crippen LogP contribution in [0.2, 0.25) is 0 Å². The lowest BCUT2D eigenvalue weighted by Crippen LogP contribution is -2.14. The van der Waals surface area contributed by atoms with E-state index in [1.165, 1.54) is 5.56 Å². The highest BCUT2D eigenvalue weighted by atomic mass is 79.9. The number of rotatable bonds is 9. The number of hydrogen-bond acceptors (Lipinski definition) is 7. The molecular weight excluding hydrogens is 606 g/mol.